The molecule has 0 spiro atoms. The average molecular weight is 287 g/mol. The van der Waals surface area contributed by atoms with Crippen LogP contribution < -0.4 is 4.74 Å². The molecule has 1 heterocycles. The molecule has 0 aliphatic rings. The molecule has 9 heteroatoms. The highest BCUT2D eigenvalue weighted by Gasteiger charge is 2.33. The Bertz CT molecular complexity index is 483. The molecule has 1 aromatic heterocycles. The first-order valence-corrected chi connectivity index (χ1v) is 4.85. The van der Waals surface area contributed by atoms with E-state index in [1.54, 1.807) is 0 Å². The first-order valence-electron chi connectivity index (χ1n) is 4.32. The molecule has 0 fully saturated rings. The van der Waals surface area contributed by atoms with Gasteiger partial charge in [0.05, 0.1) is 17.1 Å². The minimum atomic E-state index is -5.07. The second-order valence-electron chi connectivity index (χ2n) is 2.97. The van der Waals surface area contributed by atoms with Crippen LogP contribution >= 0.6 is 11.6 Å². The van der Waals surface area contributed by atoms with Crippen LogP contribution in [0.15, 0.2) is 6.07 Å². The molecule has 0 aliphatic carbocycles. The summed E-state index contributed by atoms with van der Waals surface area (Å²) in [5.41, 5.74) is -1.84. The van der Waals surface area contributed by atoms with Gasteiger partial charge >= 0.3 is 6.36 Å². The maximum Gasteiger partial charge on any atom is 0.574 e. The third-order valence-electron chi connectivity index (χ3n) is 1.80. The number of aromatic nitrogens is 1. The third-order valence-corrected chi connectivity index (χ3v) is 2.05. The Hall–Kier alpha value is -1.62. The van der Waals surface area contributed by atoms with Gasteiger partial charge in [0, 0.05) is 11.6 Å². The first-order chi connectivity index (χ1) is 8.28. The van der Waals surface area contributed by atoms with Crippen molar-refractivity contribution in [3.63, 3.8) is 0 Å². The van der Waals surface area contributed by atoms with E-state index in [0.29, 0.717) is 6.07 Å². The molecule has 0 aliphatic heterocycles. The van der Waals surface area contributed by atoms with Gasteiger partial charge in [-0.3, -0.25) is 0 Å². The molecule has 0 unspecified atom stereocenters. The summed E-state index contributed by atoms with van der Waals surface area (Å²) < 4.78 is 64.4. The molecule has 0 amide bonds. The highest BCUT2D eigenvalue weighted by Crippen LogP contribution is 2.30. The number of hydrogen-bond donors (Lipinski definition) is 0. The SMILES string of the molecule is N#Cc1c(C(F)F)cc(OC(F)(F)F)nc1CCl. The number of halogens is 6. The Balaban J connectivity index is 3.33. The van der Waals surface area contributed by atoms with E-state index in [-0.39, 0.29) is 0 Å². The van der Waals surface area contributed by atoms with Gasteiger partial charge in [-0.05, 0) is 0 Å². The zero-order chi connectivity index (χ0) is 13.9. The van der Waals surface area contributed by atoms with Crippen LogP contribution in [0, 0.1) is 11.3 Å². The summed E-state index contributed by atoms with van der Waals surface area (Å²) in [6.45, 7) is 0. The highest BCUT2D eigenvalue weighted by atomic mass is 35.5. The molecule has 1 aromatic rings. The summed E-state index contributed by atoms with van der Waals surface area (Å²) >= 11 is 5.34. The van der Waals surface area contributed by atoms with Crippen molar-refractivity contribution in [2.24, 2.45) is 0 Å². The minimum absolute atomic E-state index is 0.368. The number of hydrogen-bond acceptors (Lipinski definition) is 3. The fourth-order valence-corrected chi connectivity index (χ4v) is 1.36. The van der Waals surface area contributed by atoms with Crippen molar-refractivity contribution in [1.29, 1.82) is 5.26 Å². The average Bonchev–Trinajstić information content (AvgIpc) is 2.25. The van der Waals surface area contributed by atoms with Gasteiger partial charge in [0.1, 0.15) is 6.07 Å². The lowest BCUT2D eigenvalue weighted by Crippen LogP contribution is -2.18. The summed E-state index contributed by atoms with van der Waals surface area (Å²) in [6.07, 6.45) is -8.20. The Kier molecular flexibility index (Phi) is 4.29. The number of alkyl halides is 6. The van der Waals surface area contributed by atoms with Gasteiger partial charge < -0.3 is 4.74 Å². The molecule has 0 bridgehead atoms. The van der Waals surface area contributed by atoms with Gasteiger partial charge in [0.25, 0.3) is 6.43 Å². The summed E-state index contributed by atoms with van der Waals surface area (Å²) in [4.78, 5) is 3.26. The van der Waals surface area contributed by atoms with Crippen molar-refractivity contribution in [2.45, 2.75) is 18.7 Å². The van der Waals surface area contributed by atoms with E-state index in [0.717, 1.165) is 0 Å². The number of pyridine rings is 1. The lowest BCUT2D eigenvalue weighted by molar-refractivity contribution is -0.276. The summed E-state index contributed by atoms with van der Waals surface area (Å²) in [6, 6.07) is 1.79. The zero-order valence-corrected chi connectivity index (χ0v) is 9.19. The maximum atomic E-state index is 12.6. The van der Waals surface area contributed by atoms with Crippen molar-refractivity contribution < 1.29 is 26.7 Å². The fraction of sp³-hybridized carbons (Fsp3) is 0.333. The minimum Gasteiger partial charge on any atom is -0.388 e. The maximum absolute atomic E-state index is 12.6. The summed E-state index contributed by atoms with van der Waals surface area (Å²) in [5, 5.41) is 8.66. The van der Waals surface area contributed by atoms with E-state index in [9.17, 15) is 22.0 Å². The van der Waals surface area contributed by atoms with Gasteiger partial charge in [-0.2, -0.15) is 5.26 Å². The largest absolute Gasteiger partial charge is 0.574 e. The Labute approximate surface area is 103 Å². The van der Waals surface area contributed by atoms with Crippen LogP contribution in [-0.2, 0) is 5.88 Å². The Morgan fingerprint density at radius 3 is 2.44 bits per heavy atom. The van der Waals surface area contributed by atoms with E-state index in [1.807, 2.05) is 0 Å². The van der Waals surface area contributed by atoms with Crippen LogP contribution in [0.25, 0.3) is 0 Å². The molecule has 18 heavy (non-hydrogen) atoms. The zero-order valence-electron chi connectivity index (χ0n) is 8.43. The molecule has 98 valence electrons. The molecule has 0 N–H and O–H groups in total. The predicted octanol–water partition coefficient (Wildman–Crippen LogP) is 3.53. The van der Waals surface area contributed by atoms with Crippen molar-refractivity contribution in [1.82, 2.24) is 4.98 Å². The molecule has 3 nitrogen and oxygen atoms in total. The highest BCUT2D eigenvalue weighted by molar-refractivity contribution is 6.17. The second kappa shape index (κ2) is 5.35. The van der Waals surface area contributed by atoms with Gasteiger partial charge in [0.2, 0.25) is 5.88 Å². The first kappa shape index (κ1) is 14.4. The van der Waals surface area contributed by atoms with Gasteiger partial charge in [-0.15, -0.1) is 24.8 Å². The predicted molar refractivity (Wildman–Crippen MR) is 50.1 cm³/mol. The normalized spacial score (nSPS) is 11.4. The Morgan fingerprint density at radius 2 is 2.06 bits per heavy atom. The van der Waals surface area contributed by atoms with E-state index >= 15 is 0 Å². The molecule has 0 aromatic carbocycles. The topological polar surface area (TPSA) is 45.9 Å². The molecule has 0 radical (unpaired) electrons. The number of nitriles is 1. The van der Waals surface area contributed by atoms with Crippen LogP contribution in [0.2, 0.25) is 0 Å². The summed E-state index contributed by atoms with van der Waals surface area (Å²) in [7, 11) is 0. The van der Waals surface area contributed by atoms with E-state index in [4.69, 9.17) is 16.9 Å². The van der Waals surface area contributed by atoms with Crippen molar-refractivity contribution in [3.8, 4) is 11.9 Å². The summed E-state index contributed by atoms with van der Waals surface area (Å²) in [5.74, 6) is -1.56. The third kappa shape index (κ3) is 3.43. The van der Waals surface area contributed by atoms with Crippen LogP contribution in [-0.4, -0.2) is 11.3 Å². The van der Waals surface area contributed by atoms with E-state index in [1.165, 1.54) is 6.07 Å². The monoisotopic (exact) mass is 286 g/mol. The van der Waals surface area contributed by atoms with Crippen molar-refractivity contribution in [2.75, 3.05) is 0 Å². The second-order valence-corrected chi connectivity index (χ2v) is 3.23. The smallest absolute Gasteiger partial charge is 0.388 e. The van der Waals surface area contributed by atoms with Gasteiger partial charge in [0.15, 0.2) is 0 Å². The molecular weight excluding hydrogens is 283 g/mol. The molecule has 1 rings (SSSR count). The van der Waals surface area contributed by atoms with E-state index < -0.39 is 41.4 Å². The van der Waals surface area contributed by atoms with Crippen molar-refractivity contribution in [3.05, 3.63) is 22.9 Å². The van der Waals surface area contributed by atoms with Crippen LogP contribution in [0.1, 0.15) is 23.2 Å². The molecule has 0 saturated carbocycles. The van der Waals surface area contributed by atoms with Gasteiger partial charge in [-0.1, -0.05) is 0 Å². The molecular formula is C9H4ClF5N2O. The standard InChI is InChI=1S/C9H4ClF5N2O/c10-2-6-5(3-16)4(8(11)12)1-7(17-6)18-9(13,14)15/h1,8H,2H2. The fourth-order valence-electron chi connectivity index (χ4n) is 1.16. The van der Waals surface area contributed by atoms with E-state index in [2.05, 4.69) is 9.72 Å². The van der Waals surface area contributed by atoms with Crippen LogP contribution in [0.3, 0.4) is 0 Å². The molecule has 0 atom stereocenters. The Morgan fingerprint density at radius 1 is 1.44 bits per heavy atom. The lowest BCUT2D eigenvalue weighted by Gasteiger charge is -2.12. The van der Waals surface area contributed by atoms with Crippen molar-refractivity contribution >= 4 is 11.6 Å². The van der Waals surface area contributed by atoms with Gasteiger partial charge in [-0.25, -0.2) is 13.8 Å². The van der Waals surface area contributed by atoms with Crippen LogP contribution in [0.4, 0.5) is 22.0 Å². The number of nitrogens with zero attached hydrogens (tertiary/aromatic N) is 2. The lowest BCUT2D eigenvalue weighted by atomic mass is 10.1. The molecule has 0 saturated heterocycles. The van der Waals surface area contributed by atoms with Crippen LogP contribution in [0.5, 0.6) is 5.88 Å². The quantitative estimate of drug-likeness (QED) is 0.631. The number of ether oxygens (including phenoxy) is 1. The number of rotatable bonds is 3.